The van der Waals surface area contributed by atoms with Gasteiger partial charge in [-0.15, -0.1) is 0 Å². The van der Waals surface area contributed by atoms with Gasteiger partial charge in [-0.25, -0.2) is 19.4 Å². The van der Waals surface area contributed by atoms with Gasteiger partial charge in [-0.3, -0.25) is 10.1 Å². The number of amidine groups is 1. The van der Waals surface area contributed by atoms with Crippen molar-refractivity contribution in [3.8, 4) is 11.1 Å². The van der Waals surface area contributed by atoms with E-state index in [1.807, 2.05) is 38.6 Å². The van der Waals surface area contributed by atoms with Gasteiger partial charge in [0.1, 0.15) is 17.8 Å². The first-order valence-corrected chi connectivity index (χ1v) is 12.5. The van der Waals surface area contributed by atoms with Gasteiger partial charge in [0.25, 0.3) is 0 Å². The zero-order valence-corrected chi connectivity index (χ0v) is 21.3. The fourth-order valence-corrected chi connectivity index (χ4v) is 4.76. The molecule has 1 saturated heterocycles. The number of anilines is 1. The minimum absolute atomic E-state index is 0.350. The molecule has 0 aliphatic carbocycles. The molecule has 11 heteroatoms. The fraction of sp³-hybridized carbons (Fsp3) is 0.296. The highest BCUT2D eigenvalue weighted by molar-refractivity contribution is 6.01. The van der Waals surface area contributed by atoms with Crippen molar-refractivity contribution in [3.63, 3.8) is 0 Å². The number of aromatic amines is 1. The van der Waals surface area contributed by atoms with Crippen LogP contribution in [0, 0.1) is 11.2 Å². The van der Waals surface area contributed by atoms with Crippen molar-refractivity contribution in [1.29, 1.82) is 5.41 Å². The number of aromatic nitrogens is 5. The Kier molecular flexibility index (Phi) is 7.01. The van der Waals surface area contributed by atoms with Crippen LogP contribution >= 0.6 is 0 Å². The van der Waals surface area contributed by atoms with E-state index < -0.39 is 5.60 Å². The van der Waals surface area contributed by atoms with E-state index in [-0.39, 0.29) is 5.82 Å². The molecule has 3 aromatic heterocycles. The Bertz CT molecular complexity index is 1420. The number of rotatable bonds is 7. The quantitative estimate of drug-likeness (QED) is 0.257. The summed E-state index contributed by atoms with van der Waals surface area (Å²) < 4.78 is 15.1. The van der Waals surface area contributed by atoms with Gasteiger partial charge >= 0.3 is 0 Å². The molecule has 0 amide bonds. The van der Waals surface area contributed by atoms with Crippen LogP contribution in [-0.4, -0.2) is 73.1 Å². The number of nitrogens with zero attached hydrogens (tertiary/aromatic N) is 7. The van der Waals surface area contributed by atoms with E-state index in [4.69, 9.17) is 5.41 Å². The van der Waals surface area contributed by atoms with Crippen LogP contribution in [0.5, 0.6) is 0 Å². The summed E-state index contributed by atoms with van der Waals surface area (Å²) in [5.74, 6) is 0.936. The minimum atomic E-state index is -1.30. The summed E-state index contributed by atoms with van der Waals surface area (Å²) in [6, 6.07) is 7.87. The molecule has 3 N–H and O–H groups in total. The number of hydrogen-bond donors (Lipinski definition) is 3. The Labute approximate surface area is 220 Å². The number of benzene rings is 1. The molecule has 1 atom stereocenters. The molecule has 1 fully saturated rings. The molecule has 1 aromatic carbocycles. The molecule has 0 radical (unpaired) electrons. The molecule has 38 heavy (non-hydrogen) atoms. The molecule has 0 spiro atoms. The molecule has 4 aromatic rings. The van der Waals surface area contributed by atoms with Gasteiger partial charge in [0.2, 0.25) is 5.95 Å². The Balaban J connectivity index is 1.27. The zero-order valence-electron chi connectivity index (χ0n) is 21.3. The topological polar surface area (TPSA) is 122 Å². The van der Waals surface area contributed by atoms with Gasteiger partial charge in [0.15, 0.2) is 5.84 Å². The second-order valence-corrected chi connectivity index (χ2v) is 9.25. The number of aliphatic imine (C=N–C) groups is 1. The molecule has 5 rings (SSSR count). The predicted octanol–water partition coefficient (Wildman–Crippen LogP) is 3.17. The van der Waals surface area contributed by atoms with E-state index in [1.165, 1.54) is 12.1 Å². The van der Waals surface area contributed by atoms with E-state index >= 15 is 0 Å². The van der Waals surface area contributed by atoms with Crippen molar-refractivity contribution in [2.75, 3.05) is 31.1 Å². The molecule has 1 aliphatic rings. The van der Waals surface area contributed by atoms with E-state index in [1.54, 1.807) is 29.2 Å². The molecule has 4 heterocycles. The average molecular weight is 516 g/mol. The molecular weight excluding hydrogens is 485 g/mol. The van der Waals surface area contributed by atoms with Gasteiger partial charge in [0.05, 0.1) is 11.9 Å². The lowest BCUT2D eigenvalue weighted by molar-refractivity contribution is 0.0757. The highest BCUT2D eigenvalue weighted by atomic mass is 19.1. The van der Waals surface area contributed by atoms with E-state index in [0.717, 1.165) is 23.2 Å². The third-order valence-corrected chi connectivity index (χ3v) is 6.96. The SMILES string of the molecule is CC[C@@](O)(c1ccc(F)cc1)c1cnc(N2CCN(C(=NC=N)c3cc(-c4cnn(C)c4)c[nH]3)CC2)nc1. The number of aryl methyl sites for hydroxylation is 1. The van der Waals surface area contributed by atoms with Crippen molar-refractivity contribution in [3.05, 3.63) is 84.0 Å². The molecular formula is C27H30FN9O. The Morgan fingerprint density at radius 2 is 1.82 bits per heavy atom. The van der Waals surface area contributed by atoms with Crippen LogP contribution < -0.4 is 4.90 Å². The smallest absolute Gasteiger partial charge is 0.225 e. The molecule has 196 valence electrons. The minimum Gasteiger partial charge on any atom is -0.380 e. The van der Waals surface area contributed by atoms with E-state index in [2.05, 4.69) is 34.8 Å². The van der Waals surface area contributed by atoms with E-state index in [0.29, 0.717) is 55.5 Å². The summed E-state index contributed by atoms with van der Waals surface area (Å²) in [6.45, 7) is 4.56. The normalized spacial score (nSPS) is 15.9. The first-order chi connectivity index (χ1) is 18.4. The first-order valence-electron chi connectivity index (χ1n) is 12.5. The van der Waals surface area contributed by atoms with Crippen LogP contribution in [0.2, 0.25) is 0 Å². The third-order valence-electron chi connectivity index (χ3n) is 6.96. The molecule has 10 nitrogen and oxygen atoms in total. The maximum atomic E-state index is 13.4. The van der Waals surface area contributed by atoms with Crippen molar-refractivity contribution in [2.45, 2.75) is 18.9 Å². The Morgan fingerprint density at radius 1 is 1.11 bits per heavy atom. The van der Waals surface area contributed by atoms with Crippen LogP contribution in [-0.2, 0) is 12.6 Å². The Hall–Kier alpha value is -4.38. The number of H-pyrrole nitrogens is 1. The lowest BCUT2D eigenvalue weighted by Crippen LogP contribution is -2.49. The molecule has 0 bridgehead atoms. The predicted molar refractivity (Wildman–Crippen MR) is 144 cm³/mol. The Morgan fingerprint density at radius 3 is 2.42 bits per heavy atom. The maximum absolute atomic E-state index is 13.4. The maximum Gasteiger partial charge on any atom is 0.225 e. The zero-order chi connectivity index (χ0) is 26.7. The summed E-state index contributed by atoms with van der Waals surface area (Å²) in [4.78, 5) is 20.9. The molecule has 1 aliphatic heterocycles. The van der Waals surface area contributed by atoms with Crippen molar-refractivity contribution in [2.24, 2.45) is 12.0 Å². The van der Waals surface area contributed by atoms with Gasteiger partial charge in [0, 0.05) is 74.7 Å². The van der Waals surface area contributed by atoms with E-state index in [9.17, 15) is 9.50 Å². The first kappa shape index (κ1) is 25.3. The highest BCUT2D eigenvalue weighted by Gasteiger charge is 2.31. The van der Waals surface area contributed by atoms with Gasteiger partial charge in [-0.2, -0.15) is 5.10 Å². The summed E-state index contributed by atoms with van der Waals surface area (Å²) in [7, 11) is 1.88. The number of aliphatic hydroxyl groups is 1. The van der Waals surface area contributed by atoms with Crippen molar-refractivity contribution >= 4 is 18.1 Å². The molecule has 0 unspecified atom stereocenters. The van der Waals surface area contributed by atoms with Crippen LogP contribution in [0.1, 0.15) is 30.2 Å². The number of piperazine rings is 1. The monoisotopic (exact) mass is 515 g/mol. The van der Waals surface area contributed by atoms with Crippen LogP contribution in [0.25, 0.3) is 11.1 Å². The second kappa shape index (κ2) is 10.5. The van der Waals surface area contributed by atoms with Gasteiger partial charge in [-0.05, 0) is 30.2 Å². The third kappa shape index (κ3) is 4.92. The summed E-state index contributed by atoms with van der Waals surface area (Å²) >= 11 is 0. The fourth-order valence-electron chi connectivity index (χ4n) is 4.76. The number of hydrogen-bond acceptors (Lipinski definition) is 6. The van der Waals surface area contributed by atoms with Crippen LogP contribution in [0.3, 0.4) is 0 Å². The second-order valence-electron chi connectivity index (χ2n) is 9.25. The summed E-state index contributed by atoms with van der Waals surface area (Å²) in [5.41, 5.74) is 2.70. The van der Waals surface area contributed by atoms with Crippen molar-refractivity contribution < 1.29 is 9.50 Å². The lowest BCUT2D eigenvalue weighted by atomic mass is 9.86. The van der Waals surface area contributed by atoms with Crippen LogP contribution in [0.15, 0.2) is 66.3 Å². The summed E-state index contributed by atoms with van der Waals surface area (Å²) in [5, 5.41) is 23.1. The van der Waals surface area contributed by atoms with Crippen LogP contribution in [0.4, 0.5) is 10.3 Å². The molecule has 0 saturated carbocycles. The van der Waals surface area contributed by atoms with Crippen molar-refractivity contribution in [1.82, 2.24) is 29.6 Å². The number of nitrogens with one attached hydrogen (secondary N) is 2. The standard InChI is InChI=1S/C27H30FN9O/c1-3-27(38,21-4-6-23(28)7-5-21)22-15-31-26(32-16-22)37-10-8-36(9-11-37)25(33-18-29)24-12-19(13-30-24)20-14-34-35(2)17-20/h4-7,12-18,29-30,38H,3,8-11H2,1-2H3/t27-/m1/s1. The van der Waals surface area contributed by atoms with Gasteiger partial charge < -0.3 is 19.9 Å². The average Bonchev–Trinajstić information content (AvgIpc) is 3.61. The highest BCUT2D eigenvalue weighted by Crippen LogP contribution is 2.32. The lowest BCUT2D eigenvalue weighted by Gasteiger charge is -2.36. The largest absolute Gasteiger partial charge is 0.380 e. The summed E-state index contributed by atoms with van der Waals surface area (Å²) in [6.07, 6.45) is 10.4. The van der Waals surface area contributed by atoms with Gasteiger partial charge in [-0.1, -0.05) is 19.1 Å². The number of halogens is 1.